The van der Waals surface area contributed by atoms with Crippen molar-refractivity contribution in [3.8, 4) is 0 Å². The maximum Gasteiger partial charge on any atom is 0.435 e. The smallest absolute Gasteiger partial charge is 0.435 e. The highest BCUT2D eigenvalue weighted by atomic mass is 35.5. The lowest BCUT2D eigenvalue weighted by Crippen LogP contribution is -2.58. The first-order chi connectivity index (χ1) is 9.17. The van der Waals surface area contributed by atoms with Crippen LogP contribution in [0.15, 0.2) is 0 Å². The zero-order valence-electron chi connectivity index (χ0n) is 10.1. The Balaban J connectivity index is 5.52. The molecule has 0 N–H and O–H groups in total. The molecule has 0 rings (SSSR count). The maximum absolute atomic E-state index is 13.2. The summed E-state index contributed by atoms with van der Waals surface area (Å²) >= 11 is 4.34. The van der Waals surface area contributed by atoms with E-state index in [9.17, 15) is 40.3 Å². The molecule has 0 radical (unpaired) electrons. The van der Waals surface area contributed by atoms with Crippen LogP contribution in [0.5, 0.6) is 0 Å². The van der Waals surface area contributed by atoms with Crippen LogP contribution in [0.1, 0.15) is 0 Å². The molecule has 0 spiro atoms. The second kappa shape index (κ2) is 5.83. The van der Waals surface area contributed by atoms with Gasteiger partial charge in [0, 0.05) is 0 Å². The van der Waals surface area contributed by atoms with E-state index in [4.69, 9.17) is 0 Å². The van der Waals surface area contributed by atoms with E-state index in [1.807, 2.05) is 0 Å². The lowest BCUT2D eigenvalue weighted by Gasteiger charge is -2.31. The van der Waals surface area contributed by atoms with Gasteiger partial charge in [0.2, 0.25) is 0 Å². The molecule has 124 valence electrons. The van der Waals surface area contributed by atoms with E-state index in [-0.39, 0.29) is 7.11 Å². The van der Waals surface area contributed by atoms with Gasteiger partial charge in [-0.05, 0) is 0 Å². The van der Waals surface area contributed by atoms with Gasteiger partial charge in [0.05, 0.1) is 14.2 Å². The highest BCUT2D eigenvalue weighted by Crippen LogP contribution is 2.46. The highest BCUT2D eigenvalue weighted by molar-refractivity contribution is 6.33. The Hall–Kier alpha value is -1.30. The van der Waals surface area contributed by atoms with Crippen LogP contribution in [0.2, 0.25) is 0 Å². The number of methoxy groups -OCH3 is 2. The lowest BCUT2D eigenvalue weighted by molar-refractivity contribution is -0.435. The van der Waals surface area contributed by atoms with E-state index in [0.29, 0.717) is 7.11 Å². The molecule has 21 heavy (non-hydrogen) atoms. The van der Waals surface area contributed by atoms with Crippen molar-refractivity contribution >= 4 is 23.5 Å². The Kier molecular flexibility index (Phi) is 5.47. The Labute approximate surface area is 116 Å². The number of esters is 2. The van der Waals surface area contributed by atoms with Gasteiger partial charge >= 0.3 is 35.2 Å². The van der Waals surface area contributed by atoms with Crippen LogP contribution >= 0.6 is 11.6 Å². The summed E-state index contributed by atoms with van der Waals surface area (Å²) < 4.78 is 99.7. The Morgan fingerprint density at radius 2 is 1.19 bits per heavy atom. The van der Waals surface area contributed by atoms with Crippen molar-refractivity contribution < 1.29 is 54.5 Å². The maximum atomic E-state index is 13.2. The number of carbonyl (C=O) groups excluding carboxylic acids is 2. The van der Waals surface area contributed by atoms with Crippen molar-refractivity contribution in [2.45, 2.75) is 23.3 Å². The Morgan fingerprint density at radius 1 is 0.810 bits per heavy atom. The Bertz CT molecular complexity index is 387. The van der Waals surface area contributed by atoms with Gasteiger partial charge < -0.3 is 9.47 Å². The number of ether oxygens (including phenoxy) is 3. The first kappa shape index (κ1) is 19.7. The molecule has 0 saturated heterocycles. The second-order valence-electron chi connectivity index (χ2n) is 3.27. The first-order valence-electron chi connectivity index (χ1n) is 4.55. The molecule has 0 saturated carbocycles. The molecule has 0 fully saturated rings. The van der Waals surface area contributed by atoms with E-state index < -0.39 is 35.2 Å². The fourth-order valence-corrected chi connectivity index (χ4v) is 0.899. The van der Waals surface area contributed by atoms with E-state index in [2.05, 4.69) is 25.8 Å². The molecule has 0 aromatic heterocycles. The minimum absolute atomic E-state index is 0.250. The first-order valence-corrected chi connectivity index (χ1v) is 4.93. The van der Waals surface area contributed by atoms with Gasteiger partial charge in [0.1, 0.15) is 0 Å². The average Bonchev–Trinajstić information content (AvgIpc) is 2.34. The molecule has 1 unspecified atom stereocenters. The third-order valence-electron chi connectivity index (χ3n) is 1.87. The molecule has 5 nitrogen and oxygen atoms in total. The predicted molar refractivity (Wildman–Crippen MR) is 49.7 cm³/mol. The van der Waals surface area contributed by atoms with Crippen molar-refractivity contribution in [1.29, 1.82) is 0 Å². The zero-order chi connectivity index (χ0) is 17.3. The fourth-order valence-electron chi connectivity index (χ4n) is 0.783. The van der Waals surface area contributed by atoms with E-state index in [0.717, 1.165) is 0 Å². The summed E-state index contributed by atoms with van der Waals surface area (Å²) in [6.45, 7) is 0. The van der Waals surface area contributed by atoms with Gasteiger partial charge in [-0.3, -0.25) is 0 Å². The highest BCUT2D eigenvalue weighted by Gasteiger charge is 2.73. The van der Waals surface area contributed by atoms with Gasteiger partial charge in [0.25, 0.3) is 0 Å². The molecular weight excluding hydrogens is 345 g/mol. The summed E-state index contributed by atoms with van der Waals surface area (Å²) in [6, 6.07) is 0. The number of hydrogen-bond donors (Lipinski definition) is 0. The van der Waals surface area contributed by atoms with Crippen LogP contribution < -0.4 is 0 Å². The molecule has 0 heterocycles. The number of hydrogen-bond acceptors (Lipinski definition) is 5. The van der Waals surface area contributed by atoms with Gasteiger partial charge in [-0.15, -0.1) is 0 Å². The quantitative estimate of drug-likeness (QED) is 0.417. The largest absolute Gasteiger partial charge is 0.465 e. The standard InChI is InChI=1S/C8H6ClF7O5/c1-19-3(17)5(9,10)7(13,14)21-8(15,16)6(11,12)4(18)20-2/h1-2H3. The minimum atomic E-state index is -6.25. The van der Waals surface area contributed by atoms with Crippen LogP contribution in [0.3, 0.4) is 0 Å². The number of alkyl halides is 8. The number of carbonyl (C=O) groups is 2. The average molecular weight is 351 g/mol. The van der Waals surface area contributed by atoms with Crippen LogP contribution in [0, 0.1) is 0 Å². The third-order valence-corrected chi connectivity index (χ3v) is 2.25. The predicted octanol–water partition coefficient (Wildman–Crippen LogP) is 2.07. The van der Waals surface area contributed by atoms with Gasteiger partial charge in [-0.25, -0.2) is 18.7 Å². The monoisotopic (exact) mass is 350 g/mol. The van der Waals surface area contributed by atoms with Crippen molar-refractivity contribution in [1.82, 2.24) is 0 Å². The van der Waals surface area contributed by atoms with E-state index >= 15 is 0 Å². The van der Waals surface area contributed by atoms with Gasteiger partial charge in [-0.2, -0.15) is 26.3 Å². The molecule has 1 atom stereocenters. The third kappa shape index (κ3) is 3.48. The molecule has 0 aliphatic carbocycles. The minimum Gasteiger partial charge on any atom is -0.465 e. The topological polar surface area (TPSA) is 61.8 Å². The lowest BCUT2D eigenvalue weighted by atomic mass is 10.3. The summed E-state index contributed by atoms with van der Waals surface area (Å²) in [5.74, 6) is -11.4. The normalized spacial score (nSPS) is 16.1. The summed E-state index contributed by atoms with van der Waals surface area (Å²) in [7, 11) is 0.607. The number of rotatable bonds is 6. The molecule has 0 aromatic rings. The molecule has 0 aliphatic heterocycles. The summed E-state index contributed by atoms with van der Waals surface area (Å²) in [4.78, 5) is 21.0. The van der Waals surface area contributed by atoms with Crippen molar-refractivity contribution in [2.24, 2.45) is 0 Å². The van der Waals surface area contributed by atoms with Gasteiger partial charge in [0.15, 0.2) is 0 Å². The van der Waals surface area contributed by atoms with Crippen molar-refractivity contribution in [3.05, 3.63) is 0 Å². The van der Waals surface area contributed by atoms with Gasteiger partial charge in [-0.1, -0.05) is 11.6 Å². The van der Waals surface area contributed by atoms with Crippen LogP contribution in [0.25, 0.3) is 0 Å². The van der Waals surface area contributed by atoms with Crippen molar-refractivity contribution in [3.63, 3.8) is 0 Å². The summed E-state index contributed by atoms with van der Waals surface area (Å²) in [6.07, 6.45) is -12.2. The molecule has 0 amide bonds. The Morgan fingerprint density at radius 3 is 1.52 bits per heavy atom. The molecule has 13 heteroatoms. The zero-order valence-corrected chi connectivity index (χ0v) is 10.8. The summed E-state index contributed by atoms with van der Waals surface area (Å²) in [5.41, 5.74) is 0. The molecule has 0 aliphatic rings. The van der Waals surface area contributed by atoms with Crippen LogP contribution in [-0.2, 0) is 23.8 Å². The molecule has 0 bridgehead atoms. The molecular formula is C8H6ClF7O5. The van der Waals surface area contributed by atoms with Crippen LogP contribution in [0.4, 0.5) is 30.7 Å². The van der Waals surface area contributed by atoms with E-state index in [1.54, 1.807) is 0 Å². The molecule has 0 aromatic carbocycles. The number of halogens is 8. The second-order valence-corrected chi connectivity index (χ2v) is 3.79. The van der Waals surface area contributed by atoms with Crippen LogP contribution in [-0.4, -0.2) is 49.4 Å². The van der Waals surface area contributed by atoms with E-state index in [1.165, 1.54) is 0 Å². The SMILES string of the molecule is COC(=O)C(F)(F)C(F)(F)OC(F)(F)C(F)(Cl)C(=O)OC. The fraction of sp³-hybridized carbons (Fsp3) is 0.750. The van der Waals surface area contributed by atoms with Crippen molar-refractivity contribution in [2.75, 3.05) is 14.2 Å². The summed E-state index contributed by atoms with van der Waals surface area (Å²) in [5, 5.41) is -5.04.